The van der Waals surface area contributed by atoms with E-state index in [1.54, 1.807) is 12.3 Å². The van der Waals surface area contributed by atoms with Crippen molar-refractivity contribution in [1.82, 2.24) is 15.2 Å². The highest BCUT2D eigenvalue weighted by Crippen LogP contribution is 2.23. The van der Waals surface area contributed by atoms with Gasteiger partial charge in [-0.05, 0) is 28.1 Å². The lowest BCUT2D eigenvalue weighted by Crippen LogP contribution is -1.95. The molecule has 0 radical (unpaired) electrons. The van der Waals surface area contributed by atoms with Gasteiger partial charge in [0.15, 0.2) is 0 Å². The number of nitrogens with one attached hydrogen (secondary N) is 1. The van der Waals surface area contributed by atoms with Crippen molar-refractivity contribution >= 4 is 21.9 Å². The lowest BCUT2D eigenvalue weighted by Gasteiger charge is -1.96. The SMILES string of the molecule is O=C(O)c1cc(-c2ncccc2Br)n[nH]1. The van der Waals surface area contributed by atoms with Crippen molar-refractivity contribution in [2.75, 3.05) is 0 Å². The molecule has 2 aromatic heterocycles. The number of H-pyrrole nitrogens is 1. The molecule has 2 aromatic rings. The fraction of sp³-hybridized carbons (Fsp3) is 0. The van der Waals surface area contributed by atoms with Gasteiger partial charge in [-0.15, -0.1) is 0 Å². The van der Waals surface area contributed by atoms with Crippen LogP contribution in [0.5, 0.6) is 0 Å². The Morgan fingerprint density at radius 3 is 2.93 bits per heavy atom. The fourth-order valence-corrected chi connectivity index (χ4v) is 1.58. The lowest BCUT2D eigenvalue weighted by molar-refractivity contribution is 0.0690. The summed E-state index contributed by atoms with van der Waals surface area (Å²) < 4.78 is 0.772. The van der Waals surface area contributed by atoms with Gasteiger partial charge in [0.1, 0.15) is 17.1 Å². The summed E-state index contributed by atoms with van der Waals surface area (Å²) in [7, 11) is 0. The number of aromatic nitrogens is 3. The van der Waals surface area contributed by atoms with Crippen molar-refractivity contribution in [2.24, 2.45) is 0 Å². The normalized spacial score (nSPS) is 10.2. The number of carboxylic acid groups (broad SMARTS) is 1. The molecule has 0 aliphatic heterocycles. The summed E-state index contributed by atoms with van der Waals surface area (Å²) in [5.74, 6) is -1.04. The van der Waals surface area contributed by atoms with Gasteiger partial charge in [0, 0.05) is 16.7 Å². The topological polar surface area (TPSA) is 78.9 Å². The van der Waals surface area contributed by atoms with Crippen molar-refractivity contribution < 1.29 is 9.90 Å². The molecule has 0 amide bonds. The van der Waals surface area contributed by atoms with Crippen molar-refractivity contribution in [1.29, 1.82) is 0 Å². The number of hydrogen-bond donors (Lipinski definition) is 2. The Morgan fingerprint density at radius 2 is 2.33 bits per heavy atom. The number of aromatic amines is 1. The Kier molecular flexibility index (Phi) is 2.51. The Labute approximate surface area is 93.3 Å². The molecule has 2 rings (SSSR count). The molecule has 76 valence electrons. The van der Waals surface area contributed by atoms with Gasteiger partial charge in [-0.1, -0.05) is 0 Å². The van der Waals surface area contributed by atoms with Crippen LogP contribution >= 0.6 is 15.9 Å². The van der Waals surface area contributed by atoms with Crippen LogP contribution < -0.4 is 0 Å². The Hall–Kier alpha value is -1.69. The first kappa shape index (κ1) is 9.85. The molecule has 0 spiro atoms. The van der Waals surface area contributed by atoms with Crippen LogP contribution in [0.25, 0.3) is 11.4 Å². The average Bonchev–Trinajstić information content (AvgIpc) is 2.67. The van der Waals surface area contributed by atoms with Gasteiger partial charge in [-0.2, -0.15) is 5.10 Å². The number of aromatic carboxylic acids is 1. The summed E-state index contributed by atoms with van der Waals surface area (Å²) in [5.41, 5.74) is 1.16. The van der Waals surface area contributed by atoms with E-state index in [9.17, 15) is 4.79 Å². The third-order valence-corrected chi connectivity index (χ3v) is 2.45. The summed E-state index contributed by atoms with van der Waals surface area (Å²) in [6, 6.07) is 5.03. The second-order valence-electron chi connectivity index (χ2n) is 2.81. The Morgan fingerprint density at radius 1 is 1.53 bits per heavy atom. The Balaban J connectivity index is 2.46. The molecule has 0 saturated heterocycles. The predicted octanol–water partition coefficient (Wildman–Crippen LogP) is 1.93. The molecule has 5 nitrogen and oxygen atoms in total. The highest BCUT2D eigenvalue weighted by molar-refractivity contribution is 9.10. The first-order chi connectivity index (χ1) is 7.18. The molecule has 0 bridgehead atoms. The maximum Gasteiger partial charge on any atom is 0.353 e. The molecular weight excluding hydrogens is 262 g/mol. The molecule has 15 heavy (non-hydrogen) atoms. The van der Waals surface area contributed by atoms with Gasteiger partial charge >= 0.3 is 5.97 Å². The van der Waals surface area contributed by atoms with Crippen LogP contribution in [0.15, 0.2) is 28.9 Å². The number of rotatable bonds is 2. The van der Waals surface area contributed by atoms with Gasteiger partial charge in [-0.3, -0.25) is 10.1 Å². The zero-order valence-electron chi connectivity index (χ0n) is 7.44. The lowest BCUT2D eigenvalue weighted by atomic mass is 10.2. The summed E-state index contributed by atoms with van der Waals surface area (Å²) in [6.45, 7) is 0. The third kappa shape index (κ3) is 1.89. The number of halogens is 1. The smallest absolute Gasteiger partial charge is 0.353 e. The molecule has 0 fully saturated rings. The van der Waals surface area contributed by atoms with E-state index in [-0.39, 0.29) is 5.69 Å². The van der Waals surface area contributed by atoms with Crippen LogP contribution in [-0.4, -0.2) is 26.3 Å². The molecule has 6 heteroatoms. The molecule has 0 atom stereocenters. The van der Waals surface area contributed by atoms with Gasteiger partial charge in [0.2, 0.25) is 0 Å². The standard InChI is InChI=1S/C9H6BrN3O2/c10-5-2-1-3-11-8(5)6-4-7(9(14)15)13-12-6/h1-4H,(H,12,13)(H,14,15). The summed E-state index contributed by atoms with van der Waals surface area (Å²) in [6.07, 6.45) is 1.62. The van der Waals surface area contributed by atoms with Crippen LogP contribution in [0.1, 0.15) is 10.5 Å². The summed E-state index contributed by atoms with van der Waals surface area (Å²) in [4.78, 5) is 14.7. The maximum atomic E-state index is 10.6. The van der Waals surface area contributed by atoms with Gasteiger partial charge in [-0.25, -0.2) is 4.79 Å². The van der Waals surface area contributed by atoms with E-state index in [4.69, 9.17) is 5.11 Å². The van der Waals surface area contributed by atoms with Crippen molar-refractivity contribution in [3.8, 4) is 11.4 Å². The van der Waals surface area contributed by atoms with E-state index in [1.807, 2.05) is 6.07 Å². The van der Waals surface area contributed by atoms with Crippen LogP contribution in [0.4, 0.5) is 0 Å². The van der Waals surface area contributed by atoms with E-state index >= 15 is 0 Å². The van der Waals surface area contributed by atoms with Crippen LogP contribution in [-0.2, 0) is 0 Å². The summed E-state index contributed by atoms with van der Waals surface area (Å²) in [5, 5.41) is 15.0. The van der Waals surface area contributed by atoms with E-state index in [0.717, 1.165) is 4.47 Å². The highest BCUT2D eigenvalue weighted by atomic mass is 79.9. The maximum absolute atomic E-state index is 10.6. The zero-order valence-corrected chi connectivity index (χ0v) is 9.02. The molecule has 0 saturated carbocycles. The van der Waals surface area contributed by atoms with Crippen LogP contribution in [0, 0.1) is 0 Å². The van der Waals surface area contributed by atoms with Crippen molar-refractivity contribution in [3.63, 3.8) is 0 Å². The predicted molar refractivity (Wildman–Crippen MR) is 56.5 cm³/mol. The fourth-order valence-electron chi connectivity index (χ4n) is 1.13. The van der Waals surface area contributed by atoms with E-state index < -0.39 is 5.97 Å². The number of nitrogens with zero attached hydrogens (tertiary/aromatic N) is 2. The van der Waals surface area contributed by atoms with E-state index in [2.05, 4.69) is 31.1 Å². The monoisotopic (exact) mass is 267 g/mol. The average molecular weight is 268 g/mol. The zero-order chi connectivity index (χ0) is 10.8. The quantitative estimate of drug-likeness (QED) is 0.872. The van der Waals surface area contributed by atoms with E-state index in [1.165, 1.54) is 6.07 Å². The van der Waals surface area contributed by atoms with Gasteiger partial charge in [0.25, 0.3) is 0 Å². The second-order valence-corrected chi connectivity index (χ2v) is 3.66. The number of hydrogen-bond acceptors (Lipinski definition) is 3. The van der Waals surface area contributed by atoms with E-state index in [0.29, 0.717) is 11.4 Å². The first-order valence-corrected chi connectivity index (χ1v) is 4.87. The minimum absolute atomic E-state index is 0.0440. The minimum Gasteiger partial charge on any atom is -0.477 e. The highest BCUT2D eigenvalue weighted by Gasteiger charge is 2.11. The molecular formula is C9H6BrN3O2. The second kappa shape index (κ2) is 3.82. The molecule has 2 N–H and O–H groups in total. The number of carbonyl (C=O) groups is 1. The first-order valence-electron chi connectivity index (χ1n) is 4.08. The molecule has 0 aliphatic carbocycles. The van der Waals surface area contributed by atoms with Crippen molar-refractivity contribution in [2.45, 2.75) is 0 Å². The third-order valence-electron chi connectivity index (χ3n) is 1.81. The Bertz CT molecular complexity index is 510. The number of pyridine rings is 1. The van der Waals surface area contributed by atoms with Gasteiger partial charge in [0.05, 0.1) is 0 Å². The largest absolute Gasteiger partial charge is 0.477 e. The number of carboxylic acids is 1. The molecule has 0 unspecified atom stereocenters. The summed E-state index contributed by atoms with van der Waals surface area (Å²) >= 11 is 3.32. The molecule has 2 heterocycles. The van der Waals surface area contributed by atoms with Crippen LogP contribution in [0.2, 0.25) is 0 Å². The van der Waals surface area contributed by atoms with Crippen LogP contribution in [0.3, 0.4) is 0 Å². The minimum atomic E-state index is -1.04. The van der Waals surface area contributed by atoms with Gasteiger partial charge < -0.3 is 5.11 Å². The molecule has 0 aliphatic rings. The van der Waals surface area contributed by atoms with Crippen molar-refractivity contribution in [3.05, 3.63) is 34.6 Å². The molecule has 0 aromatic carbocycles.